The van der Waals surface area contributed by atoms with Crippen molar-refractivity contribution in [2.45, 2.75) is 24.7 Å². The number of aromatic nitrogens is 4. The van der Waals surface area contributed by atoms with E-state index in [0.29, 0.717) is 11.8 Å². The van der Waals surface area contributed by atoms with Crippen molar-refractivity contribution in [1.82, 2.24) is 19.9 Å². The Morgan fingerprint density at radius 1 is 0.688 bits per heavy atom. The van der Waals surface area contributed by atoms with E-state index in [4.69, 9.17) is 0 Å². The molecule has 3 rings (SSSR count). The first-order chi connectivity index (χ1) is 7.95. The average molecular weight is 212 g/mol. The van der Waals surface area contributed by atoms with Gasteiger partial charge >= 0.3 is 0 Å². The lowest BCUT2D eigenvalue weighted by Crippen LogP contribution is -2.25. The second-order valence-corrected chi connectivity index (χ2v) is 4.00. The van der Waals surface area contributed by atoms with Crippen molar-refractivity contribution in [2.75, 3.05) is 0 Å². The third kappa shape index (κ3) is 1.56. The first kappa shape index (κ1) is 9.39. The summed E-state index contributed by atoms with van der Waals surface area (Å²) in [5.41, 5.74) is 0. The van der Waals surface area contributed by atoms with Gasteiger partial charge in [-0.1, -0.05) is 0 Å². The highest BCUT2D eigenvalue weighted by atomic mass is 14.9. The zero-order chi connectivity index (χ0) is 10.8. The van der Waals surface area contributed by atoms with Crippen LogP contribution >= 0.6 is 0 Å². The summed E-state index contributed by atoms with van der Waals surface area (Å²) in [6, 6.07) is 3.69. The molecule has 2 heterocycles. The highest BCUT2D eigenvalue weighted by Crippen LogP contribution is 2.46. The minimum atomic E-state index is 0.392. The normalized spacial score (nSPS) is 23.8. The summed E-state index contributed by atoms with van der Waals surface area (Å²) < 4.78 is 0. The van der Waals surface area contributed by atoms with Gasteiger partial charge in [-0.15, -0.1) is 0 Å². The lowest BCUT2D eigenvalue weighted by molar-refractivity contribution is 0.319. The van der Waals surface area contributed by atoms with Gasteiger partial charge in [-0.2, -0.15) is 0 Å². The number of nitrogens with zero attached hydrogens (tertiary/aromatic N) is 4. The Kier molecular flexibility index (Phi) is 2.33. The molecule has 0 bridgehead atoms. The third-order valence-corrected chi connectivity index (χ3v) is 3.11. The maximum atomic E-state index is 4.31. The monoisotopic (exact) mass is 212 g/mol. The van der Waals surface area contributed by atoms with Gasteiger partial charge in [0.25, 0.3) is 0 Å². The van der Waals surface area contributed by atoms with E-state index < -0.39 is 0 Å². The highest BCUT2D eigenvalue weighted by molar-refractivity contribution is 5.15. The zero-order valence-corrected chi connectivity index (χ0v) is 8.82. The Morgan fingerprint density at radius 2 is 1.06 bits per heavy atom. The summed E-state index contributed by atoms with van der Waals surface area (Å²) in [5.74, 6) is 2.63. The van der Waals surface area contributed by atoms with E-state index in [9.17, 15) is 0 Å². The van der Waals surface area contributed by atoms with Crippen LogP contribution in [0.3, 0.4) is 0 Å². The molecule has 0 saturated heterocycles. The maximum Gasteiger partial charge on any atom is 0.131 e. The number of rotatable bonds is 2. The molecule has 80 valence electrons. The van der Waals surface area contributed by atoms with Crippen LogP contribution in [-0.4, -0.2) is 19.9 Å². The molecule has 0 amide bonds. The van der Waals surface area contributed by atoms with Crippen LogP contribution in [0.4, 0.5) is 0 Å². The molecule has 1 aliphatic carbocycles. The molecule has 0 N–H and O–H groups in total. The summed E-state index contributed by atoms with van der Waals surface area (Å²) in [6.45, 7) is 0. The van der Waals surface area contributed by atoms with Crippen LogP contribution in [0.2, 0.25) is 0 Å². The van der Waals surface area contributed by atoms with Gasteiger partial charge in [0, 0.05) is 36.6 Å². The van der Waals surface area contributed by atoms with Crippen LogP contribution in [0.1, 0.15) is 36.3 Å². The molecule has 1 aliphatic rings. The fraction of sp³-hybridized carbons (Fsp3) is 0.333. The Balaban J connectivity index is 1.85. The zero-order valence-electron chi connectivity index (χ0n) is 8.82. The minimum Gasteiger partial charge on any atom is -0.241 e. The largest absolute Gasteiger partial charge is 0.241 e. The van der Waals surface area contributed by atoms with Crippen LogP contribution in [0.5, 0.6) is 0 Å². The van der Waals surface area contributed by atoms with Gasteiger partial charge < -0.3 is 0 Å². The van der Waals surface area contributed by atoms with Gasteiger partial charge in [0.05, 0.1) is 0 Å². The predicted octanol–water partition coefficient (Wildman–Crippen LogP) is 1.93. The summed E-state index contributed by atoms with van der Waals surface area (Å²) in [5, 5.41) is 0. The fourth-order valence-electron chi connectivity index (χ4n) is 2.12. The van der Waals surface area contributed by atoms with Gasteiger partial charge in [-0.3, -0.25) is 0 Å². The van der Waals surface area contributed by atoms with Crippen molar-refractivity contribution in [3.05, 3.63) is 48.6 Å². The number of hydrogen-bond donors (Lipinski definition) is 0. The summed E-state index contributed by atoms with van der Waals surface area (Å²) in [4.78, 5) is 17.2. The molecule has 0 radical (unpaired) electrons. The van der Waals surface area contributed by atoms with E-state index in [-0.39, 0.29) is 0 Å². The molecule has 0 aliphatic heterocycles. The van der Waals surface area contributed by atoms with Crippen molar-refractivity contribution < 1.29 is 0 Å². The van der Waals surface area contributed by atoms with Gasteiger partial charge in [0.1, 0.15) is 11.6 Å². The van der Waals surface area contributed by atoms with E-state index in [1.54, 1.807) is 24.8 Å². The summed E-state index contributed by atoms with van der Waals surface area (Å²) >= 11 is 0. The molecule has 0 spiro atoms. The standard InChI is InChI=1S/C12H12N4/c1-5-13-11(14-6-1)9-3-4-10(9)12-15-7-2-8-16-12/h1-2,5-10H,3-4H2. The topological polar surface area (TPSA) is 51.6 Å². The smallest absolute Gasteiger partial charge is 0.131 e. The number of hydrogen-bond acceptors (Lipinski definition) is 4. The van der Waals surface area contributed by atoms with E-state index in [0.717, 1.165) is 24.5 Å². The molecular weight excluding hydrogens is 200 g/mol. The van der Waals surface area contributed by atoms with E-state index >= 15 is 0 Å². The lowest BCUT2D eigenvalue weighted by Gasteiger charge is -2.33. The Bertz CT molecular complexity index is 411. The van der Waals surface area contributed by atoms with Crippen molar-refractivity contribution in [1.29, 1.82) is 0 Å². The van der Waals surface area contributed by atoms with Crippen LogP contribution in [0.15, 0.2) is 36.9 Å². The molecule has 2 aromatic rings. The van der Waals surface area contributed by atoms with Gasteiger partial charge in [0.15, 0.2) is 0 Å². The molecule has 0 aromatic carbocycles. The van der Waals surface area contributed by atoms with Crippen LogP contribution in [-0.2, 0) is 0 Å². The van der Waals surface area contributed by atoms with Crippen molar-refractivity contribution in [2.24, 2.45) is 0 Å². The van der Waals surface area contributed by atoms with Crippen molar-refractivity contribution >= 4 is 0 Å². The van der Waals surface area contributed by atoms with E-state index in [2.05, 4.69) is 19.9 Å². The average Bonchev–Trinajstić information content (AvgIpc) is 2.30. The molecule has 4 nitrogen and oxygen atoms in total. The lowest BCUT2D eigenvalue weighted by atomic mass is 9.72. The van der Waals surface area contributed by atoms with Gasteiger partial charge in [0.2, 0.25) is 0 Å². The minimum absolute atomic E-state index is 0.392. The van der Waals surface area contributed by atoms with E-state index in [1.807, 2.05) is 12.1 Å². The molecule has 16 heavy (non-hydrogen) atoms. The molecule has 2 aromatic heterocycles. The Morgan fingerprint density at radius 3 is 1.38 bits per heavy atom. The van der Waals surface area contributed by atoms with E-state index in [1.165, 1.54) is 0 Å². The quantitative estimate of drug-likeness (QED) is 0.763. The summed E-state index contributed by atoms with van der Waals surface area (Å²) in [6.07, 6.45) is 9.44. The molecule has 2 atom stereocenters. The van der Waals surface area contributed by atoms with Crippen molar-refractivity contribution in [3.8, 4) is 0 Å². The molecular formula is C12H12N4. The fourth-order valence-corrected chi connectivity index (χ4v) is 2.12. The van der Waals surface area contributed by atoms with Crippen molar-refractivity contribution in [3.63, 3.8) is 0 Å². The molecule has 2 unspecified atom stereocenters. The van der Waals surface area contributed by atoms with Crippen LogP contribution < -0.4 is 0 Å². The molecule has 1 fully saturated rings. The van der Waals surface area contributed by atoms with Gasteiger partial charge in [-0.05, 0) is 25.0 Å². The predicted molar refractivity (Wildman–Crippen MR) is 58.8 cm³/mol. The Labute approximate surface area is 93.8 Å². The van der Waals surface area contributed by atoms with Crippen LogP contribution in [0.25, 0.3) is 0 Å². The molecule has 4 heteroatoms. The summed E-state index contributed by atoms with van der Waals surface area (Å²) in [7, 11) is 0. The molecule has 1 saturated carbocycles. The Hall–Kier alpha value is -1.84. The van der Waals surface area contributed by atoms with Crippen LogP contribution in [0, 0.1) is 0 Å². The first-order valence-electron chi connectivity index (χ1n) is 5.49. The first-order valence-corrected chi connectivity index (χ1v) is 5.49. The highest BCUT2D eigenvalue weighted by Gasteiger charge is 2.36. The third-order valence-electron chi connectivity index (χ3n) is 3.11. The SMILES string of the molecule is c1cnc(C2CCC2c2ncccn2)nc1. The maximum absolute atomic E-state index is 4.31. The van der Waals surface area contributed by atoms with Gasteiger partial charge in [-0.25, -0.2) is 19.9 Å². The second kappa shape index (κ2) is 3.96. The second-order valence-electron chi connectivity index (χ2n) is 4.00.